The van der Waals surface area contributed by atoms with Crippen LogP contribution in [-0.2, 0) is 0 Å². The van der Waals surface area contributed by atoms with Crippen molar-refractivity contribution in [1.29, 1.82) is 0 Å². The van der Waals surface area contributed by atoms with E-state index in [2.05, 4.69) is 0 Å². The van der Waals surface area contributed by atoms with E-state index in [1.807, 2.05) is 6.92 Å². The van der Waals surface area contributed by atoms with Gasteiger partial charge in [-0.05, 0) is 30.7 Å². The monoisotopic (exact) mass is 229 g/mol. The molecule has 0 heterocycles. The van der Waals surface area contributed by atoms with Crippen molar-refractivity contribution in [1.82, 2.24) is 0 Å². The molecule has 0 bridgehead atoms. The Labute approximate surface area is 98.9 Å². The average Bonchev–Trinajstić information content (AvgIpc) is 2.32. The molecule has 0 fully saturated rings. The van der Waals surface area contributed by atoms with E-state index in [-0.39, 0.29) is 11.3 Å². The Morgan fingerprint density at radius 2 is 1.88 bits per heavy atom. The molecule has 2 aromatic rings. The Morgan fingerprint density at radius 1 is 1.18 bits per heavy atom. The Balaban J connectivity index is 2.44. The molecule has 0 aliphatic rings. The summed E-state index contributed by atoms with van der Waals surface area (Å²) in [5, 5.41) is 0. The zero-order chi connectivity index (χ0) is 12.4. The van der Waals surface area contributed by atoms with E-state index in [0.717, 1.165) is 5.56 Å². The van der Waals surface area contributed by atoms with Crippen LogP contribution in [0.5, 0.6) is 0 Å². The van der Waals surface area contributed by atoms with Crippen molar-refractivity contribution in [2.45, 2.75) is 6.92 Å². The number of nitrogen functional groups attached to an aromatic ring is 1. The summed E-state index contributed by atoms with van der Waals surface area (Å²) in [5.74, 6) is -0.869. The van der Waals surface area contributed by atoms with Crippen molar-refractivity contribution in [2.75, 3.05) is 5.73 Å². The second-order valence-electron chi connectivity index (χ2n) is 3.88. The predicted octanol–water partition coefficient (Wildman–Crippen LogP) is 2.95. The summed E-state index contributed by atoms with van der Waals surface area (Å²) in [4.78, 5) is 12.0. The molecule has 2 nitrogen and oxygen atoms in total. The summed E-state index contributed by atoms with van der Waals surface area (Å²) < 4.78 is 13.5. The standard InChI is InChI=1S/C14H12FNO/c1-9-6-7-10(8-13(9)16)14(17)11-4-2-3-5-12(11)15/h2-8H,16H2,1H3. The molecule has 86 valence electrons. The first-order valence-electron chi connectivity index (χ1n) is 5.25. The molecule has 0 radical (unpaired) electrons. The lowest BCUT2D eigenvalue weighted by Crippen LogP contribution is -2.05. The lowest BCUT2D eigenvalue weighted by molar-refractivity contribution is 0.103. The van der Waals surface area contributed by atoms with Gasteiger partial charge in [0, 0.05) is 11.3 Å². The van der Waals surface area contributed by atoms with E-state index in [0.29, 0.717) is 11.3 Å². The zero-order valence-electron chi connectivity index (χ0n) is 9.41. The Hall–Kier alpha value is -2.16. The smallest absolute Gasteiger partial charge is 0.196 e. The van der Waals surface area contributed by atoms with Crippen LogP contribution in [-0.4, -0.2) is 5.78 Å². The van der Waals surface area contributed by atoms with Crippen LogP contribution in [0.2, 0.25) is 0 Å². The molecular weight excluding hydrogens is 217 g/mol. The number of nitrogens with two attached hydrogens (primary N) is 1. The van der Waals surface area contributed by atoms with Gasteiger partial charge in [0.1, 0.15) is 5.82 Å². The first kappa shape index (κ1) is 11.3. The van der Waals surface area contributed by atoms with E-state index in [4.69, 9.17) is 5.73 Å². The van der Waals surface area contributed by atoms with E-state index < -0.39 is 5.82 Å². The van der Waals surface area contributed by atoms with E-state index in [1.54, 1.807) is 30.3 Å². The Morgan fingerprint density at radius 3 is 2.53 bits per heavy atom. The molecule has 0 saturated carbocycles. The van der Waals surface area contributed by atoms with Gasteiger partial charge in [-0.2, -0.15) is 0 Å². The minimum absolute atomic E-state index is 0.0655. The maximum atomic E-state index is 13.5. The summed E-state index contributed by atoms with van der Waals surface area (Å²) in [6.45, 7) is 1.85. The fourth-order valence-electron chi connectivity index (χ4n) is 1.58. The van der Waals surface area contributed by atoms with Crippen LogP contribution in [0, 0.1) is 12.7 Å². The van der Waals surface area contributed by atoms with Crippen LogP contribution < -0.4 is 5.73 Å². The second-order valence-corrected chi connectivity index (χ2v) is 3.88. The van der Waals surface area contributed by atoms with E-state index >= 15 is 0 Å². The Bertz CT molecular complexity index is 578. The molecule has 17 heavy (non-hydrogen) atoms. The molecular formula is C14H12FNO. The molecule has 0 amide bonds. The molecule has 0 atom stereocenters. The topological polar surface area (TPSA) is 43.1 Å². The van der Waals surface area contributed by atoms with E-state index in [9.17, 15) is 9.18 Å². The molecule has 0 aliphatic carbocycles. The molecule has 2 N–H and O–H groups in total. The second kappa shape index (κ2) is 4.37. The molecule has 2 aromatic carbocycles. The van der Waals surface area contributed by atoms with Crippen molar-refractivity contribution in [3.63, 3.8) is 0 Å². The normalized spacial score (nSPS) is 10.2. The molecule has 0 aliphatic heterocycles. The van der Waals surface area contributed by atoms with Gasteiger partial charge in [-0.1, -0.05) is 24.3 Å². The number of hydrogen-bond acceptors (Lipinski definition) is 2. The minimum atomic E-state index is -0.517. The van der Waals surface area contributed by atoms with Crippen LogP contribution in [0.15, 0.2) is 42.5 Å². The Kier molecular flexibility index (Phi) is 2.91. The van der Waals surface area contributed by atoms with E-state index in [1.165, 1.54) is 12.1 Å². The van der Waals surface area contributed by atoms with Gasteiger partial charge < -0.3 is 5.73 Å². The summed E-state index contributed by atoms with van der Waals surface area (Å²) in [7, 11) is 0. The summed E-state index contributed by atoms with van der Waals surface area (Å²) in [5.41, 5.74) is 7.63. The number of anilines is 1. The van der Waals surface area contributed by atoms with Crippen LogP contribution in [0.4, 0.5) is 10.1 Å². The largest absolute Gasteiger partial charge is 0.398 e. The predicted molar refractivity (Wildman–Crippen MR) is 65.4 cm³/mol. The van der Waals surface area contributed by atoms with Crippen LogP contribution >= 0.6 is 0 Å². The molecule has 0 aromatic heterocycles. The highest BCUT2D eigenvalue weighted by atomic mass is 19.1. The van der Waals surface area contributed by atoms with Crippen molar-refractivity contribution in [3.8, 4) is 0 Å². The molecule has 0 saturated heterocycles. The number of ketones is 1. The molecule has 0 unspecified atom stereocenters. The SMILES string of the molecule is Cc1ccc(C(=O)c2ccccc2F)cc1N. The van der Waals surface area contributed by atoms with Crippen molar-refractivity contribution < 1.29 is 9.18 Å². The van der Waals surface area contributed by atoms with Gasteiger partial charge in [-0.25, -0.2) is 4.39 Å². The zero-order valence-corrected chi connectivity index (χ0v) is 9.41. The third-order valence-corrected chi connectivity index (χ3v) is 2.66. The number of benzene rings is 2. The van der Waals surface area contributed by atoms with Crippen molar-refractivity contribution >= 4 is 11.5 Å². The summed E-state index contributed by atoms with van der Waals surface area (Å²) in [6.07, 6.45) is 0. The first-order valence-corrected chi connectivity index (χ1v) is 5.25. The molecule has 3 heteroatoms. The third-order valence-electron chi connectivity index (χ3n) is 2.66. The quantitative estimate of drug-likeness (QED) is 0.635. The highest BCUT2D eigenvalue weighted by molar-refractivity contribution is 6.09. The highest BCUT2D eigenvalue weighted by Crippen LogP contribution is 2.17. The maximum Gasteiger partial charge on any atom is 0.196 e. The fourth-order valence-corrected chi connectivity index (χ4v) is 1.58. The number of aryl methyl sites for hydroxylation is 1. The maximum absolute atomic E-state index is 13.5. The van der Waals surface area contributed by atoms with Gasteiger partial charge in [-0.15, -0.1) is 0 Å². The van der Waals surface area contributed by atoms with Crippen molar-refractivity contribution in [2.24, 2.45) is 0 Å². The number of hydrogen-bond donors (Lipinski definition) is 1. The van der Waals surface area contributed by atoms with Gasteiger partial charge in [0.05, 0.1) is 5.56 Å². The number of halogens is 1. The summed E-state index contributed by atoms with van der Waals surface area (Å²) >= 11 is 0. The van der Waals surface area contributed by atoms with Gasteiger partial charge >= 0.3 is 0 Å². The number of rotatable bonds is 2. The average molecular weight is 229 g/mol. The van der Waals surface area contributed by atoms with Crippen LogP contribution in [0.3, 0.4) is 0 Å². The lowest BCUT2D eigenvalue weighted by atomic mass is 10.0. The van der Waals surface area contributed by atoms with Gasteiger partial charge in [0.25, 0.3) is 0 Å². The lowest BCUT2D eigenvalue weighted by Gasteiger charge is -2.05. The minimum Gasteiger partial charge on any atom is -0.398 e. The summed E-state index contributed by atoms with van der Waals surface area (Å²) in [6, 6.07) is 10.9. The molecule has 2 rings (SSSR count). The fraction of sp³-hybridized carbons (Fsp3) is 0.0714. The number of carbonyl (C=O) groups excluding carboxylic acids is 1. The van der Waals surface area contributed by atoms with Gasteiger partial charge in [-0.3, -0.25) is 4.79 Å². The van der Waals surface area contributed by atoms with Crippen LogP contribution in [0.1, 0.15) is 21.5 Å². The third kappa shape index (κ3) is 2.18. The number of carbonyl (C=O) groups is 1. The molecule has 0 spiro atoms. The van der Waals surface area contributed by atoms with Gasteiger partial charge in [0.2, 0.25) is 0 Å². The van der Waals surface area contributed by atoms with Gasteiger partial charge in [0.15, 0.2) is 5.78 Å². The first-order chi connectivity index (χ1) is 8.09. The van der Waals surface area contributed by atoms with Crippen LogP contribution in [0.25, 0.3) is 0 Å². The highest BCUT2D eigenvalue weighted by Gasteiger charge is 2.13. The van der Waals surface area contributed by atoms with Crippen molar-refractivity contribution in [3.05, 3.63) is 65.0 Å².